The molecule has 0 aromatic heterocycles. The lowest BCUT2D eigenvalue weighted by Crippen LogP contribution is -2.42. The number of hydrogen-bond acceptors (Lipinski definition) is 3. The highest BCUT2D eigenvalue weighted by molar-refractivity contribution is 5.96. The molecule has 1 aromatic rings. The SMILES string of the molecule is CCN(CC(C)(C)O)C(=O)c1ccccc1C#CCN. The third kappa shape index (κ3) is 4.69. The Hall–Kier alpha value is -1.83. The summed E-state index contributed by atoms with van der Waals surface area (Å²) in [5.41, 5.74) is 5.65. The van der Waals surface area contributed by atoms with E-state index in [1.54, 1.807) is 36.9 Å². The maximum atomic E-state index is 12.6. The summed E-state index contributed by atoms with van der Waals surface area (Å²) in [6.45, 7) is 6.32. The monoisotopic (exact) mass is 274 g/mol. The van der Waals surface area contributed by atoms with Crippen molar-refractivity contribution in [3.8, 4) is 11.8 Å². The predicted molar refractivity (Wildman–Crippen MR) is 80.2 cm³/mol. The van der Waals surface area contributed by atoms with Gasteiger partial charge in [-0.15, -0.1) is 0 Å². The van der Waals surface area contributed by atoms with Crippen molar-refractivity contribution in [1.82, 2.24) is 4.90 Å². The van der Waals surface area contributed by atoms with Gasteiger partial charge < -0.3 is 15.7 Å². The Morgan fingerprint density at radius 1 is 1.40 bits per heavy atom. The minimum atomic E-state index is -0.927. The minimum Gasteiger partial charge on any atom is -0.389 e. The molecule has 4 nitrogen and oxygen atoms in total. The van der Waals surface area contributed by atoms with E-state index in [0.29, 0.717) is 17.7 Å². The Balaban J connectivity index is 3.07. The standard InChI is InChI=1S/C16H22N2O2/c1-4-18(12-16(2,3)20)15(19)14-10-6-5-8-13(14)9-7-11-17/h5-6,8,10,20H,4,11-12,17H2,1-3H3. The lowest BCUT2D eigenvalue weighted by molar-refractivity contribution is 0.0314. The Kier molecular flexibility index (Phi) is 5.75. The number of benzene rings is 1. The van der Waals surface area contributed by atoms with E-state index in [-0.39, 0.29) is 19.0 Å². The maximum absolute atomic E-state index is 12.6. The lowest BCUT2D eigenvalue weighted by Gasteiger charge is -2.28. The highest BCUT2D eigenvalue weighted by Crippen LogP contribution is 2.13. The van der Waals surface area contributed by atoms with Crippen molar-refractivity contribution in [2.45, 2.75) is 26.4 Å². The van der Waals surface area contributed by atoms with Gasteiger partial charge in [0.2, 0.25) is 0 Å². The molecule has 108 valence electrons. The van der Waals surface area contributed by atoms with E-state index in [2.05, 4.69) is 11.8 Å². The number of carbonyl (C=O) groups is 1. The topological polar surface area (TPSA) is 66.6 Å². The van der Waals surface area contributed by atoms with Crippen molar-refractivity contribution >= 4 is 5.91 Å². The molecule has 0 aliphatic heterocycles. The minimum absolute atomic E-state index is 0.128. The molecule has 0 aliphatic carbocycles. The van der Waals surface area contributed by atoms with E-state index >= 15 is 0 Å². The van der Waals surface area contributed by atoms with Crippen LogP contribution in [0.15, 0.2) is 24.3 Å². The molecule has 0 radical (unpaired) electrons. The van der Waals surface area contributed by atoms with Crippen LogP contribution in [-0.2, 0) is 0 Å². The van der Waals surface area contributed by atoms with Gasteiger partial charge in [-0.25, -0.2) is 0 Å². The second-order valence-corrected chi connectivity index (χ2v) is 5.18. The number of likely N-dealkylation sites (N-methyl/N-ethyl adjacent to an activating group) is 1. The molecule has 1 aromatic carbocycles. The number of hydrogen-bond donors (Lipinski definition) is 2. The van der Waals surface area contributed by atoms with Crippen LogP contribution in [0.25, 0.3) is 0 Å². The first-order valence-electron chi connectivity index (χ1n) is 6.68. The van der Waals surface area contributed by atoms with Crippen LogP contribution in [0.3, 0.4) is 0 Å². The van der Waals surface area contributed by atoms with Crippen LogP contribution in [0.2, 0.25) is 0 Å². The van der Waals surface area contributed by atoms with E-state index in [1.807, 2.05) is 13.0 Å². The molecule has 0 heterocycles. The van der Waals surface area contributed by atoms with Crippen molar-refractivity contribution in [1.29, 1.82) is 0 Å². The zero-order chi connectivity index (χ0) is 15.2. The lowest BCUT2D eigenvalue weighted by atomic mass is 10.0. The van der Waals surface area contributed by atoms with Crippen LogP contribution in [0, 0.1) is 11.8 Å². The van der Waals surface area contributed by atoms with Gasteiger partial charge in [0.25, 0.3) is 5.91 Å². The molecule has 3 N–H and O–H groups in total. The number of aliphatic hydroxyl groups is 1. The van der Waals surface area contributed by atoms with Gasteiger partial charge in [-0.3, -0.25) is 4.79 Å². The molecule has 1 amide bonds. The molecule has 0 spiro atoms. The number of nitrogens with zero attached hydrogens (tertiary/aromatic N) is 1. The normalized spacial score (nSPS) is 10.7. The van der Waals surface area contributed by atoms with Crippen molar-refractivity contribution in [3.63, 3.8) is 0 Å². The van der Waals surface area contributed by atoms with Crippen LogP contribution in [-0.4, -0.2) is 41.1 Å². The fraction of sp³-hybridized carbons (Fsp3) is 0.438. The van der Waals surface area contributed by atoms with Gasteiger partial charge in [-0.1, -0.05) is 24.0 Å². The molecule has 1 rings (SSSR count). The molecule has 0 atom stereocenters. The summed E-state index contributed by atoms with van der Waals surface area (Å²) in [6, 6.07) is 7.19. The average molecular weight is 274 g/mol. The second kappa shape index (κ2) is 7.09. The van der Waals surface area contributed by atoms with Crippen molar-refractivity contribution in [2.24, 2.45) is 5.73 Å². The van der Waals surface area contributed by atoms with Crippen molar-refractivity contribution in [2.75, 3.05) is 19.6 Å². The predicted octanol–water partition coefficient (Wildman–Crippen LogP) is 1.23. The van der Waals surface area contributed by atoms with E-state index in [4.69, 9.17) is 5.73 Å². The highest BCUT2D eigenvalue weighted by Gasteiger charge is 2.23. The fourth-order valence-corrected chi connectivity index (χ4v) is 1.89. The van der Waals surface area contributed by atoms with Crippen LogP contribution in [0.4, 0.5) is 0 Å². The first-order chi connectivity index (χ1) is 9.39. The third-order valence-corrected chi connectivity index (χ3v) is 2.73. The van der Waals surface area contributed by atoms with Crippen LogP contribution in [0.5, 0.6) is 0 Å². The molecule has 0 aliphatic rings. The summed E-state index contributed by atoms with van der Waals surface area (Å²) in [6.07, 6.45) is 0. The zero-order valence-electron chi connectivity index (χ0n) is 12.3. The first-order valence-corrected chi connectivity index (χ1v) is 6.68. The number of amides is 1. The molecule has 0 bridgehead atoms. The summed E-state index contributed by atoms with van der Waals surface area (Å²) in [4.78, 5) is 14.2. The van der Waals surface area contributed by atoms with Gasteiger partial charge in [0.05, 0.1) is 17.7 Å². The summed E-state index contributed by atoms with van der Waals surface area (Å²) in [5.74, 6) is 5.55. The molecule has 4 heteroatoms. The maximum Gasteiger partial charge on any atom is 0.255 e. The van der Waals surface area contributed by atoms with E-state index in [0.717, 1.165) is 0 Å². The molecule has 20 heavy (non-hydrogen) atoms. The fourth-order valence-electron chi connectivity index (χ4n) is 1.89. The Morgan fingerprint density at radius 3 is 2.60 bits per heavy atom. The van der Waals surface area contributed by atoms with Gasteiger partial charge >= 0.3 is 0 Å². The zero-order valence-corrected chi connectivity index (χ0v) is 12.3. The molecule has 0 saturated carbocycles. The van der Waals surface area contributed by atoms with E-state index in [1.165, 1.54) is 0 Å². The van der Waals surface area contributed by atoms with E-state index < -0.39 is 5.60 Å². The van der Waals surface area contributed by atoms with Gasteiger partial charge in [0, 0.05) is 18.7 Å². The van der Waals surface area contributed by atoms with Crippen LogP contribution in [0.1, 0.15) is 36.7 Å². The van der Waals surface area contributed by atoms with Crippen molar-refractivity contribution in [3.05, 3.63) is 35.4 Å². The average Bonchev–Trinajstić information content (AvgIpc) is 2.41. The number of rotatable bonds is 4. The molecule has 0 unspecified atom stereocenters. The number of carbonyl (C=O) groups excluding carboxylic acids is 1. The number of nitrogens with two attached hydrogens (primary N) is 1. The first kappa shape index (κ1) is 16.2. The van der Waals surface area contributed by atoms with Gasteiger partial charge in [-0.05, 0) is 32.9 Å². The highest BCUT2D eigenvalue weighted by atomic mass is 16.3. The summed E-state index contributed by atoms with van der Waals surface area (Å²) in [7, 11) is 0. The van der Waals surface area contributed by atoms with Crippen LogP contribution < -0.4 is 5.73 Å². The second-order valence-electron chi connectivity index (χ2n) is 5.18. The molecular formula is C16H22N2O2. The van der Waals surface area contributed by atoms with E-state index in [9.17, 15) is 9.90 Å². The smallest absolute Gasteiger partial charge is 0.255 e. The van der Waals surface area contributed by atoms with Gasteiger partial charge in [-0.2, -0.15) is 0 Å². The third-order valence-electron chi connectivity index (χ3n) is 2.73. The Labute approximate surface area is 120 Å². The van der Waals surface area contributed by atoms with Crippen LogP contribution >= 0.6 is 0 Å². The van der Waals surface area contributed by atoms with Gasteiger partial charge in [0.1, 0.15) is 0 Å². The van der Waals surface area contributed by atoms with Gasteiger partial charge in [0.15, 0.2) is 0 Å². The molecule has 0 saturated heterocycles. The largest absolute Gasteiger partial charge is 0.389 e. The summed E-state index contributed by atoms with van der Waals surface area (Å²) >= 11 is 0. The Morgan fingerprint density at radius 2 is 2.05 bits per heavy atom. The summed E-state index contributed by atoms with van der Waals surface area (Å²) in [5, 5.41) is 9.89. The summed E-state index contributed by atoms with van der Waals surface area (Å²) < 4.78 is 0. The molecule has 0 fully saturated rings. The van der Waals surface area contributed by atoms with Crippen molar-refractivity contribution < 1.29 is 9.90 Å². The molecular weight excluding hydrogens is 252 g/mol. The Bertz CT molecular complexity index is 521. The quantitative estimate of drug-likeness (QED) is 0.812.